The Morgan fingerprint density at radius 1 is 1.43 bits per heavy atom. The van der Waals surface area contributed by atoms with Crippen LogP contribution in [-0.4, -0.2) is 24.0 Å². The Kier molecular flexibility index (Phi) is 9.44. The van der Waals surface area contributed by atoms with Gasteiger partial charge in [0, 0.05) is 24.2 Å². The quantitative estimate of drug-likeness (QED) is 0.428. The van der Waals surface area contributed by atoms with Crippen LogP contribution in [0.5, 0.6) is 0 Å². The number of guanidine groups is 1. The fourth-order valence-electron chi connectivity index (χ4n) is 1.81. The normalized spacial score (nSPS) is 13.5. The Balaban J connectivity index is 0.00000400. The third kappa shape index (κ3) is 9.29. The van der Waals surface area contributed by atoms with Gasteiger partial charge in [-0.25, -0.2) is 4.98 Å². The van der Waals surface area contributed by atoms with E-state index in [1.54, 1.807) is 11.3 Å². The van der Waals surface area contributed by atoms with Crippen molar-refractivity contribution in [1.29, 1.82) is 0 Å². The van der Waals surface area contributed by atoms with Crippen LogP contribution in [0.4, 0.5) is 0 Å². The fourth-order valence-corrected chi connectivity index (χ4v) is 2.54. The maximum atomic E-state index is 4.27. The van der Waals surface area contributed by atoms with Gasteiger partial charge in [-0.2, -0.15) is 0 Å². The van der Waals surface area contributed by atoms with Crippen LogP contribution in [0.3, 0.4) is 0 Å². The van der Waals surface area contributed by atoms with Crippen LogP contribution < -0.4 is 10.6 Å². The van der Waals surface area contributed by atoms with E-state index in [1.807, 2.05) is 20.2 Å². The SMILES string of the molecule is CN=C(NCc1cnc(C)s1)NC(C)CCC(C)(C)C.I. The highest BCUT2D eigenvalue weighted by atomic mass is 127. The highest BCUT2D eigenvalue weighted by Gasteiger charge is 2.13. The summed E-state index contributed by atoms with van der Waals surface area (Å²) in [5, 5.41) is 7.88. The first-order chi connectivity index (χ1) is 9.30. The molecule has 0 saturated carbocycles. The van der Waals surface area contributed by atoms with Crippen molar-refractivity contribution in [3.05, 3.63) is 16.1 Å². The van der Waals surface area contributed by atoms with Crippen LogP contribution in [0.25, 0.3) is 0 Å². The number of halogens is 1. The molecule has 1 rings (SSSR count). The summed E-state index contributed by atoms with van der Waals surface area (Å²) in [6.07, 6.45) is 4.26. The predicted octanol–water partition coefficient (Wildman–Crippen LogP) is 3.95. The van der Waals surface area contributed by atoms with Crippen molar-refractivity contribution in [3.63, 3.8) is 0 Å². The molecule has 2 N–H and O–H groups in total. The van der Waals surface area contributed by atoms with E-state index in [9.17, 15) is 0 Å². The van der Waals surface area contributed by atoms with E-state index in [-0.39, 0.29) is 24.0 Å². The predicted molar refractivity (Wildman–Crippen MR) is 104 cm³/mol. The zero-order valence-electron chi connectivity index (χ0n) is 14.0. The Hall–Kier alpha value is -0.370. The van der Waals surface area contributed by atoms with Crippen molar-refractivity contribution in [3.8, 4) is 0 Å². The number of thiazole rings is 1. The summed E-state index contributed by atoms with van der Waals surface area (Å²) < 4.78 is 0. The molecule has 122 valence electrons. The lowest BCUT2D eigenvalue weighted by molar-refractivity contribution is 0.346. The Bertz CT molecular complexity index is 437. The van der Waals surface area contributed by atoms with E-state index in [0.717, 1.165) is 23.9 Å². The third-order valence-corrected chi connectivity index (χ3v) is 3.95. The summed E-state index contributed by atoms with van der Waals surface area (Å²) in [6, 6.07) is 0.420. The molecule has 0 aliphatic heterocycles. The summed E-state index contributed by atoms with van der Waals surface area (Å²) in [5.74, 6) is 0.859. The van der Waals surface area contributed by atoms with E-state index < -0.39 is 0 Å². The summed E-state index contributed by atoms with van der Waals surface area (Å²) >= 11 is 1.72. The highest BCUT2D eigenvalue weighted by Crippen LogP contribution is 2.21. The van der Waals surface area contributed by atoms with Crippen molar-refractivity contribution < 1.29 is 0 Å². The zero-order valence-corrected chi connectivity index (χ0v) is 17.1. The Morgan fingerprint density at radius 2 is 2.10 bits per heavy atom. The van der Waals surface area contributed by atoms with E-state index in [4.69, 9.17) is 0 Å². The topological polar surface area (TPSA) is 49.3 Å². The van der Waals surface area contributed by atoms with Crippen LogP contribution in [0.2, 0.25) is 0 Å². The minimum Gasteiger partial charge on any atom is -0.354 e. The van der Waals surface area contributed by atoms with Crippen molar-refractivity contribution >= 4 is 41.3 Å². The van der Waals surface area contributed by atoms with Crippen molar-refractivity contribution in [2.24, 2.45) is 10.4 Å². The standard InChI is InChI=1S/C15H28N4S.HI/c1-11(7-8-15(3,4)5)19-14(16-6)18-10-13-9-17-12(2)20-13;/h9,11H,7-8,10H2,1-6H3,(H2,16,18,19);1H. The number of hydrogen-bond acceptors (Lipinski definition) is 3. The summed E-state index contributed by atoms with van der Waals surface area (Å²) in [6.45, 7) is 11.8. The molecular formula is C15H29IN4S. The number of rotatable bonds is 5. The monoisotopic (exact) mass is 424 g/mol. The maximum absolute atomic E-state index is 4.27. The highest BCUT2D eigenvalue weighted by molar-refractivity contribution is 14.0. The first kappa shape index (κ1) is 20.6. The molecule has 0 radical (unpaired) electrons. The molecule has 1 unspecified atom stereocenters. The van der Waals surface area contributed by atoms with Crippen LogP contribution in [0.15, 0.2) is 11.2 Å². The molecule has 1 atom stereocenters. The van der Waals surface area contributed by atoms with Gasteiger partial charge in [0.05, 0.1) is 11.6 Å². The summed E-state index contributed by atoms with van der Waals surface area (Å²) in [7, 11) is 1.81. The van der Waals surface area contributed by atoms with E-state index in [2.05, 4.69) is 48.3 Å². The van der Waals surface area contributed by atoms with Gasteiger partial charge in [-0.15, -0.1) is 35.3 Å². The molecule has 0 aromatic carbocycles. The molecule has 0 spiro atoms. The summed E-state index contributed by atoms with van der Waals surface area (Å²) in [5.41, 5.74) is 0.382. The van der Waals surface area contributed by atoms with E-state index in [1.165, 1.54) is 11.3 Å². The average Bonchev–Trinajstić information content (AvgIpc) is 2.77. The number of hydrogen-bond donors (Lipinski definition) is 2. The minimum atomic E-state index is 0. The van der Waals surface area contributed by atoms with Gasteiger partial charge >= 0.3 is 0 Å². The minimum absolute atomic E-state index is 0. The molecule has 21 heavy (non-hydrogen) atoms. The average molecular weight is 424 g/mol. The van der Waals surface area contributed by atoms with Gasteiger partial charge in [0.2, 0.25) is 0 Å². The van der Waals surface area contributed by atoms with Gasteiger partial charge in [0.25, 0.3) is 0 Å². The number of aryl methyl sites for hydroxylation is 1. The number of nitrogens with one attached hydrogen (secondary N) is 2. The van der Waals surface area contributed by atoms with Gasteiger partial charge in [-0.3, -0.25) is 4.99 Å². The van der Waals surface area contributed by atoms with E-state index >= 15 is 0 Å². The second-order valence-corrected chi connectivity index (χ2v) is 7.74. The van der Waals surface area contributed by atoms with Crippen molar-refractivity contribution in [2.45, 2.75) is 60.0 Å². The maximum Gasteiger partial charge on any atom is 0.191 e. The molecule has 0 amide bonds. The molecule has 0 saturated heterocycles. The van der Waals surface area contributed by atoms with Gasteiger partial charge in [0.1, 0.15) is 0 Å². The van der Waals surface area contributed by atoms with Gasteiger partial charge < -0.3 is 10.6 Å². The molecule has 0 fully saturated rings. The van der Waals surface area contributed by atoms with Crippen LogP contribution in [-0.2, 0) is 6.54 Å². The number of aliphatic imine (C=N–C) groups is 1. The second kappa shape index (κ2) is 9.61. The largest absolute Gasteiger partial charge is 0.354 e. The second-order valence-electron chi connectivity index (χ2n) is 6.42. The van der Waals surface area contributed by atoms with Crippen LogP contribution in [0.1, 0.15) is 50.4 Å². The van der Waals surface area contributed by atoms with Gasteiger partial charge in [-0.1, -0.05) is 20.8 Å². The van der Waals surface area contributed by atoms with Crippen molar-refractivity contribution in [2.75, 3.05) is 7.05 Å². The lowest BCUT2D eigenvalue weighted by Gasteiger charge is -2.23. The molecular weight excluding hydrogens is 395 g/mol. The zero-order chi connectivity index (χ0) is 15.2. The number of nitrogens with zero attached hydrogens (tertiary/aromatic N) is 2. The van der Waals surface area contributed by atoms with Crippen molar-refractivity contribution in [1.82, 2.24) is 15.6 Å². The first-order valence-corrected chi connectivity index (χ1v) is 8.00. The fraction of sp³-hybridized carbons (Fsp3) is 0.733. The molecule has 1 aromatic rings. The smallest absolute Gasteiger partial charge is 0.191 e. The Labute approximate surface area is 150 Å². The first-order valence-electron chi connectivity index (χ1n) is 7.18. The molecule has 4 nitrogen and oxygen atoms in total. The summed E-state index contributed by atoms with van der Waals surface area (Å²) in [4.78, 5) is 9.76. The van der Waals surface area contributed by atoms with Crippen LogP contribution in [0, 0.1) is 12.3 Å². The Morgan fingerprint density at radius 3 is 2.57 bits per heavy atom. The molecule has 0 aliphatic rings. The molecule has 1 aromatic heterocycles. The van der Waals surface area contributed by atoms with Gasteiger partial charge in [-0.05, 0) is 32.1 Å². The molecule has 0 aliphatic carbocycles. The van der Waals surface area contributed by atoms with Gasteiger partial charge in [0.15, 0.2) is 5.96 Å². The lowest BCUT2D eigenvalue weighted by atomic mass is 9.89. The molecule has 0 bridgehead atoms. The molecule has 6 heteroatoms. The van der Waals surface area contributed by atoms with E-state index in [0.29, 0.717) is 11.5 Å². The number of aromatic nitrogens is 1. The lowest BCUT2D eigenvalue weighted by Crippen LogP contribution is -2.42. The third-order valence-electron chi connectivity index (χ3n) is 3.03. The molecule has 1 heterocycles. The van der Waals surface area contributed by atoms with Crippen LogP contribution >= 0.6 is 35.3 Å².